The quantitative estimate of drug-likeness (QED) is 0.378. The minimum absolute atomic E-state index is 0.279. The Hall–Kier alpha value is -3.01. The molecule has 0 spiro atoms. The van der Waals surface area contributed by atoms with Crippen LogP contribution >= 0.6 is 11.3 Å². The number of unbranched alkanes of at least 4 members (excludes halogenated alkanes) is 2. The molecule has 0 aliphatic carbocycles. The highest BCUT2D eigenvalue weighted by Gasteiger charge is 2.16. The van der Waals surface area contributed by atoms with Gasteiger partial charge in [0.15, 0.2) is 11.5 Å². The molecule has 0 aliphatic heterocycles. The minimum atomic E-state index is -0.337. The average molecular weight is 443 g/mol. The number of hydrogen-bond acceptors (Lipinski definition) is 7. The van der Waals surface area contributed by atoms with Crippen molar-refractivity contribution >= 4 is 22.5 Å². The zero-order chi connectivity index (χ0) is 21.8. The van der Waals surface area contributed by atoms with Gasteiger partial charge < -0.3 is 9.51 Å². The van der Waals surface area contributed by atoms with Gasteiger partial charge >= 0.3 is 5.69 Å². The number of nitrogens with zero attached hydrogens (tertiary/aromatic N) is 5. The van der Waals surface area contributed by atoms with Crippen LogP contribution in [-0.4, -0.2) is 29.2 Å². The molecule has 0 radical (unpaired) electrons. The lowest BCUT2D eigenvalue weighted by Crippen LogP contribution is -2.40. The Kier molecular flexibility index (Phi) is 6.45. The van der Waals surface area contributed by atoms with E-state index in [2.05, 4.69) is 32.4 Å². The van der Waals surface area contributed by atoms with Gasteiger partial charge in [-0.1, -0.05) is 24.9 Å². The van der Waals surface area contributed by atoms with Gasteiger partial charge in [0.25, 0.3) is 5.56 Å². The highest BCUT2D eigenvalue weighted by atomic mass is 32.1. The van der Waals surface area contributed by atoms with Gasteiger partial charge in [0.2, 0.25) is 5.89 Å². The van der Waals surface area contributed by atoms with Gasteiger partial charge in [-0.25, -0.2) is 9.78 Å². The molecule has 164 valence electrons. The van der Waals surface area contributed by atoms with Crippen LogP contribution in [0.15, 0.2) is 30.9 Å². The summed E-state index contributed by atoms with van der Waals surface area (Å²) in [6.45, 7) is 4.72. The van der Waals surface area contributed by atoms with Crippen LogP contribution in [0.3, 0.4) is 0 Å². The van der Waals surface area contributed by atoms with E-state index >= 15 is 0 Å². The van der Waals surface area contributed by atoms with E-state index in [1.165, 1.54) is 4.57 Å². The number of hydrogen-bond donors (Lipinski definition) is 1. The van der Waals surface area contributed by atoms with E-state index in [1.54, 1.807) is 22.8 Å². The van der Waals surface area contributed by atoms with Crippen molar-refractivity contribution in [1.29, 1.82) is 0 Å². The molecule has 0 aromatic carbocycles. The predicted octanol–water partition coefficient (Wildman–Crippen LogP) is 3.05. The molecule has 0 unspecified atom stereocenters. The van der Waals surface area contributed by atoms with Gasteiger partial charge in [-0.3, -0.25) is 13.9 Å². The maximum atomic E-state index is 13.1. The monoisotopic (exact) mass is 442 g/mol. The summed E-state index contributed by atoms with van der Waals surface area (Å²) in [6, 6.07) is 2.03. The second-order valence-electron chi connectivity index (χ2n) is 7.64. The number of aromatic amines is 1. The van der Waals surface area contributed by atoms with Gasteiger partial charge in [0.1, 0.15) is 11.3 Å². The van der Waals surface area contributed by atoms with Crippen molar-refractivity contribution in [3.05, 3.63) is 60.8 Å². The topological polar surface area (TPSA) is 112 Å². The molecule has 1 N–H and O–H groups in total. The fourth-order valence-electron chi connectivity index (χ4n) is 3.63. The Morgan fingerprint density at radius 1 is 1.13 bits per heavy atom. The van der Waals surface area contributed by atoms with E-state index in [-0.39, 0.29) is 17.8 Å². The summed E-state index contributed by atoms with van der Waals surface area (Å²) in [6.07, 6.45) is 4.60. The number of nitrogens with one attached hydrogen (secondary N) is 1. The predicted molar refractivity (Wildman–Crippen MR) is 119 cm³/mol. The summed E-state index contributed by atoms with van der Waals surface area (Å²) < 4.78 is 8.23. The first-order valence-corrected chi connectivity index (χ1v) is 11.5. The van der Waals surface area contributed by atoms with Crippen molar-refractivity contribution in [3.63, 3.8) is 0 Å². The van der Waals surface area contributed by atoms with Crippen molar-refractivity contribution in [1.82, 2.24) is 29.2 Å². The van der Waals surface area contributed by atoms with E-state index < -0.39 is 0 Å². The van der Waals surface area contributed by atoms with Crippen molar-refractivity contribution in [2.45, 2.75) is 65.5 Å². The molecule has 0 aliphatic rings. The number of fused-ring (bicyclic) bond motifs is 1. The average Bonchev–Trinajstić information content (AvgIpc) is 3.49. The zero-order valence-corrected chi connectivity index (χ0v) is 18.6. The molecule has 0 bridgehead atoms. The second-order valence-corrected chi connectivity index (χ2v) is 8.42. The Balaban J connectivity index is 1.50. The van der Waals surface area contributed by atoms with E-state index in [4.69, 9.17) is 4.52 Å². The lowest BCUT2D eigenvalue weighted by molar-refractivity contribution is 0.367. The number of aromatic nitrogens is 6. The van der Waals surface area contributed by atoms with Crippen LogP contribution in [0.1, 0.15) is 55.7 Å². The first-order chi connectivity index (χ1) is 15.1. The zero-order valence-electron chi connectivity index (χ0n) is 17.8. The van der Waals surface area contributed by atoms with Crippen LogP contribution in [0, 0.1) is 6.92 Å². The smallest absolute Gasteiger partial charge is 0.332 e. The molecular formula is C21H26N6O3S. The molecule has 0 fully saturated rings. The number of aryl methyl sites for hydroxylation is 3. The molecule has 4 aromatic rings. The van der Waals surface area contributed by atoms with Crippen molar-refractivity contribution in [2.75, 3.05) is 0 Å². The fraction of sp³-hybridized carbons (Fsp3) is 0.476. The Labute approximate surface area is 182 Å². The summed E-state index contributed by atoms with van der Waals surface area (Å²) in [5, 5.41) is 8.09. The van der Waals surface area contributed by atoms with E-state index in [1.807, 2.05) is 11.4 Å². The van der Waals surface area contributed by atoms with Gasteiger partial charge in [-0.05, 0) is 42.2 Å². The molecule has 0 amide bonds. The Morgan fingerprint density at radius 3 is 2.74 bits per heavy atom. The third-order valence-electron chi connectivity index (χ3n) is 5.19. The molecule has 0 saturated heterocycles. The Bertz CT molecular complexity index is 1260. The molecule has 4 aromatic heterocycles. The van der Waals surface area contributed by atoms with Gasteiger partial charge in [0, 0.05) is 25.9 Å². The standard InChI is InChI=1S/C21H26N6O3S/c1-3-4-5-9-26-19-18(22-14(2)23-19)20(28)27(21(26)29)10-6-7-17-24-16(25-30-17)12-15-8-11-31-13-15/h8,11,13H,3-7,9-10,12H2,1-2H3,(H,22,23). The minimum Gasteiger partial charge on any atom is -0.339 e. The highest BCUT2D eigenvalue weighted by molar-refractivity contribution is 7.07. The molecular weight excluding hydrogens is 416 g/mol. The van der Waals surface area contributed by atoms with Crippen LogP contribution in [0.4, 0.5) is 0 Å². The third-order valence-corrected chi connectivity index (χ3v) is 5.92. The van der Waals surface area contributed by atoms with E-state index in [9.17, 15) is 9.59 Å². The second kappa shape index (κ2) is 9.42. The van der Waals surface area contributed by atoms with E-state index in [0.717, 1.165) is 24.8 Å². The summed E-state index contributed by atoms with van der Waals surface area (Å²) in [5.41, 5.74) is 1.31. The molecule has 4 rings (SSSR count). The van der Waals surface area contributed by atoms with Gasteiger partial charge in [0.05, 0.1) is 0 Å². The largest absolute Gasteiger partial charge is 0.339 e. The van der Waals surface area contributed by atoms with Crippen molar-refractivity contribution < 1.29 is 4.52 Å². The molecule has 9 nitrogen and oxygen atoms in total. The fourth-order valence-corrected chi connectivity index (χ4v) is 4.30. The SMILES string of the molecule is CCCCCn1c(=O)n(CCCc2nc(Cc3ccsc3)no2)c(=O)c2[nH]c(C)nc21. The highest BCUT2D eigenvalue weighted by Crippen LogP contribution is 2.12. The summed E-state index contributed by atoms with van der Waals surface area (Å²) >= 11 is 1.63. The van der Waals surface area contributed by atoms with Crippen LogP contribution in [0.2, 0.25) is 0 Å². The molecule has 4 heterocycles. The van der Waals surface area contributed by atoms with Crippen LogP contribution in [0.25, 0.3) is 11.2 Å². The number of imidazole rings is 1. The molecule has 10 heteroatoms. The van der Waals surface area contributed by atoms with Gasteiger partial charge in [-0.2, -0.15) is 16.3 Å². The maximum absolute atomic E-state index is 13.1. The summed E-state index contributed by atoms with van der Waals surface area (Å²) in [7, 11) is 0. The number of rotatable bonds is 10. The lowest BCUT2D eigenvalue weighted by Gasteiger charge is -2.10. The molecule has 0 atom stereocenters. The van der Waals surface area contributed by atoms with Gasteiger partial charge in [-0.15, -0.1) is 0 Å². The lowest BCUT2D eigenvalue weighted by atomic mass is 10.2. The third kappa shape index (κ3) is 4.68. The first kappa shape index (κ1) is 21.2. The van der Waals surface area contributed by atoms with Crippen molar-refractivity contribution in [3.8, 4) is 0 Å². The summed E-state index contributed by atoms with van der Waals surface area (Å²) in [5.74, 6) is 1.77. The first-order valence-electron chi connectivity index (χ1n) is 10.6. The maximum Gasteiger partial charge on any atom is 0.332 e. The number of thiophene rings is 1. The van der Waals surface area contributed by atoms with Crippen LogP contribution in [-0.2, 0) is 25.9 Å². The number of H-pyrrole nitrogens is 1. The van der Waals surface area contributed by atoms with Crippen LogP contribution < -0.4 is 11.2 Å². The molecule has 0 saturated carbocycles. The Morgan fingerprint density at radius 2 is 1.97 bits per heavy atom. The van der Waals surface area contributed by atoms with E-state index in [0.29, 0.717) is 54.5 Å². The molecule has 31 heavy (non-hydrogen) atoms. The van der Waals surface area contributed by atoms with Crippen molar-refractivity contribution in [2.24, 2.45) is 0 Å². The normalized spacial score (nSPS) is 11.5. The van der Waals surface area contributed by atoms with Crippen LogP contribution in [0.5, 0.6) is 0 Å². The summed E-state index contributed by atoms with van der Waals surface area (Å²) in [4.78, 5) is 37.8.